The lowest BCUT2D eigenvalue weighted by molar-refractivity contribution is -0.152. The van der Waals surface area contributed by atoms with Crippen molar-refractivity contribution >= 4 is 23.6 Å². The molecule has 1 aliphatic heterocycles. The largest absolute Gasteiger partial charge is 0.480 e. The molecular weight excluding hydrogens is 380 g/mol. The molecule has 154 valence electrons. The van der Waals surface area contributed by atoms with Crippen molar-refractivity contribution in [3.63, 3.8) is 0 Å². The molecule has 7 heteroatoms. The van der Waals surface area contributed by atoms with E-state index in [1.807, 2.05) is 27.7 Å². The average Bonchev–Trinajstić information content (AvgIpc) is 3.09. The molecule has 2 aliphatic rings. The molecule has 1 aliphatic carbocycles. The van der Waals surface area contributed by atoms with Crippen molar-refractivity contribution in [2.75, 3.05) is 0 Å². The Hall–Kier alpha value is -1.95. The lowest BCUT2D eigenvalue weighted by Gasteiger charge is -2.36. The van der Waals surface area contributed by atoms with Crippen molar-refractivity contribution in [3.05, 3.63) is 28.8 Å². The number of nitrogens with one attached hydrogen (secondary N) is 1. The fraction of sp³-hybridized carbons (Fsp3) is 0.619. The average molecular weight is 409 g/mol. The Morgan fingerprint density at radius 1 is 1.32 bits per heavy atom. The molecule has 2 atom stereocenters. The predicted octanol–water partition coefficient (Wildman–Crippen LogP) is 4.81. The summed E-state index contributed by atoms with van der Waals surface area (Å²) in [5.74, 6) is 0.383. The van der Waals surface area contributed by atoms with E-state index in [1.54, 1.807) is 23.1 Å². The first-order valence-electron chi connectivity index (χ1n) is 9.96. The number of benzene rings is 1. The standard InChI is InChI=1S/C21H29ClN2O4/c1-5-16-18(25)24(14-8-6-7-9-14)19(28-20(26)23-21(2,3)4)15-12-13(22)10-11-17(15)27-16/h10-12,14,16,19H,5-9H2,1-4H3,(H,23,26). The molecule has 1 N–H and O–H groups in total. The molecule has 1 aromatic rings. The van der Waals surface area contributed by atoms with E-state index in [0.717, 1.165) is 25.7 Å². The van der Waals surface area contributed by atoms with Gasteiger partial charge in [-0.2, -0.15) is 0 Å². The van der Waals surface area contributed by atoms with Gasteiger partial charge in [-0.25, -0.2) is 4.79 Å². The molecular formula is C21H29ClN2O4. The van der Waals surface area contributed by atoms with Crippen LogP contribution in [0.2, 0.25) is 5.02 Å². The normalized spacial score (nSPS) is 23.0. The van der Waals surface area contributed by atoms with Crippen molar-refractivity contribution in [2.24, 2.45) is 0 Å². The van der Waals surface area contributed by atoms with Gasteiger partial charge in [-0.1, -0.05) is 31.4 Å². The van der Waals surface area contributed by atoms with Crippen molar-refractivity contribution in [1.82, 2.24) is 10.2 Å². The number of hydrogen-bond acceptors (Lipinski definition) is 4. The zero-order valence-corrected chi connectivity index (χ0v) is 17.7. The lowest BCUT2D eigenvalue weighted by Crippen LogP contribution is -2.49. The van der Waals surface area contributed by atoms with Crippen LogP contribution in [0.25, 0.3) is 0 Å². The Balaban J connectivity index is 2.04. The van der Waals surface area contributed by atoms with Gasteiger partial charge >= 0.3 is 6.09 Å². The van der Waals surface area contributed by atoms with Crippen LogP contribution >= 0.6 is 11.6 Å². The summed E-state index contributed by atoms with van der Waals surface area (Å²) >= 11 is 6.24. The van der Waals surface area contributed by atoms with Crippen molar-refractivity contribution in [2.45, 2.75) is 83.7 Å². The van der Waals surface area contributed by atoms with Crippen LogP contribution in [0, 0.1) is 0 Å². The molecule has 1 heterocycles. The number of fused-ring (bicyclic) bond motifs is 1. The number of hydrogen-bond donors (Lipinski definition) is 1. The highest BCUT2D eigenvalue weighted by Crippen LogP contribution is 2.41. The predicted molar refractivity (Wildman–Crippen MR) is 107 cm³/mol. The summed E-state index contributed by atoms with van der Waals surface area (Å²) in [6, 6.07) is 5.19. The molecule has 1 saturated carbocycles. The zero-order chi connectivity index (χ0) is 20.5. The van der Waals surface area contributed by atoms with Crippen LogP contribution in [0.1, 0.15) is 71.6 Å². The van der Waals surface area contributed by atoms with Crippen molar-refractivity contribution in [1.29, 1.82) is 0 Å². The highest BCUT2D eigenvalue weighted by Gasteiger charge is 2.43. The van der Waals surface area contributed by atoms with Gasteiger partial charge in [0, 0.05) is 16.6 Å². The molecule has 0 spiro atoms. The second kappa shape index (κ2) is 8.19. The molecule has 0 bridgehead atoms. The third kappa shape index (κ3) is 4.54. The van der Waals surface area contributed by atoms with Gasteiger partial charge in [-0.05, 0) is 58.2 Å². The fourth-order valence-electron chi connectivity index (χ4n) is 3.82. The number of carbonyl (C=O) groups is 2. The van der Waals surface area contributed by atoms with Gasteiger partial charge in [-0.3, -0.25) is 9.69 Å². The van der Waals surface area contributed by atoms with Gasteiger partial charge < -0.3 is 14.8 Å². The molecule has 0 aromatic heterocycles. The third-order valence-corrected chi connectivity index (χ3v) is 5.31. The minimum Gasteiger partial charge on any atom is -0.480 e. The SMILES string of the molecule is CCC1Oc2ccc(Cl)cc2C(OC(=O)NC(C)(C)C)N(C2CCCC2)C1=O. The Kier molecular flexibility index (Phi) is 6.08. The van der Waals surface area contributed by atoms with E-state index >= 15 is 0 Å². The van der Waals surface area contributed by atoms with E-state index in [2.05, 4.69) is 5.32 Å². The molecule has 0 saturated heterocycles. The Morgan fingerprint density at radius 3 is 2.61 bits per heavy atom. The molecule has 6 nitrogen and oxygen atoms in total. The molecule has 3 rings (SSSR count). The molecule has 0 radical (unpaired) electrons. The van der Waals surface area contributed by atoms with Crippen LogP contribution in [0.3, 0.4) is 0 Å². The van der Waals surface area contributed by atoms with Crippen LogP contribution in [0.4, 0.5) is 4.79 Å². The van der Waals surface area contributed by atoms with E-state index in [9.17, 15) is 9.59 Å². The van der Waals surface area contributed by atoms with Crippen LogP contribution in [-0.2, 0) is 9.53 Å². The van der Waals surface area contributed by atoms with Gasteiger partial charge in [0.2, 0.25) is 6.23 Å². The minimum atomic E-state index is -0.872. The van der Waals surface area contributed by atoms with E-state index in [1.165, 1.54) is 0 Å². The second-order valence-electron chi connectivity index (χ2n) is 8.51. The maximum atomic E-state index is 13.4. The summed E-state index contributed by atoms with van der Waals surface area (Å²) < 4.78 is 11.8. The summed E-state index contributed by atoms with van der Waals surface area (Å²) in [5.41, 5.74) is 0.150. The molecule has 28 heavy (non-hydrogen) atoms. The highest BCUT2D eigenvalue weighted by atomic mass is 35.5. The van der Waals surface area contributed by atoms with Gasteiger partial charge in [0.15, 0.2) is 6.10 Å². The van der Waals surface area contributed by atoms with Crippen LogP contribution in [0.5, 0.6) is 5.75 Å². The molecule has 2 unspecified atom stereocenters. The van der Waals surface area contributed by atoms with Gasteiger partial charge in [-0.15, -0.1) is 0 Å². The van der Waals surface area contributed by atoms with Gasteiger partial charge in [0.1, 0.15) is 5.75 Å². The molecule has 1 fully saturated rings. The van der Waals surface area contributed by atoms with Crippen LogP contribution < -0.4 is 10.1 Å². The number of ether oxygens (including phenoxy) is 2. The summed E-state index contributed by atoms with van der Waals surface area (Å²) in [7, 11) is 0. The first-order chi connectivity index (χ1) is 13.2. The number of halogens is 1. The van der Waals surface area contributed by atoms with Crippen molar-refractivity contribution < 1.29 is 19.1 Å². The second-order valence-corrected chi connectivity index (χ2v) is 8.95. The number of carbonyl (C=O) groups excluding carboxylic acids is 2. The van der Waals surface area contributed by atoms with E-state index in [-0.39, 0.29) is 11.9 Å². The number of amides is 2. The summed E-state index contributed by atoms with van der Waals surface area (Å²) in [6.07, 6.45) is 2.35. The number of nitrogens with zero attached hydrogens (tertiary/aromatic N) is 1. The maximum Gasteiger partial charge on any atom is 0.409 e. The number of rotatable bonds is 3. The lowest BCUT2D eigenvalue weighted by atomic mass is 10.1. The van der Waals surface area contributed by atoms with Gasteiger partial charge in [0.05, 0.1) is 5.56 Å². The van der Waals surface area contributed by atoms with E-state index in [0.29, 0.717) is 22.8 Å². The van der Waals surface area contributed by atoms with Crippen LogP contribution in [0.15, 0.2) is 18.2 Å². The maximum absolute atomic E-state index is 13.4. The van der Waals surface area contributed by atoms with Crippen LogP contribution in [-0.4, -0.2) is 34.6 Å². The Bertz CT molecular complexity index is 740. The fourth-order valence-corrected chi connectivity index (χ4v) is 4.00. The quantitative estimate of drug-likeness (QED) is 0.779. The first-order valence-corrected chi connectivity index (χ1v) is 10.3. The summed E-state index contributed by atoms with van der Waals surface area (Å²) in [5, 5.41) is 3.31. The summed E-state index contributed by atoms with van der Waals surface area (Å²) in [6.45, 7) is 7.55. The Morgan fingerprint density at radius 2 is 2.00 bits per heavy atom. The number of alkyl carbamates (subject to hydrolysis) is 1. The zero-order valence-electron chi connectivity index (χ0n) is 17.0. The monoisotopic (exact) mass is 408 g/mol. The first kappa shape index (κ1) is 20.8. The van der Waals surface area contributed by atoms with Crippen molar-refractivity contribution in [3.8, 4) is 5.75 Å². The minimum absolute atomic E-state index is 0.0162. The van der Waals surface area contributed by atoms with E-state index < -0.39 is 24.0 Å². The smallest absolute Gasteiger partial charge is 0.409 e. The summed E-state index contributed by atoms with van der Waals surface area (Å²) in [4.78, 5) is 27.7. The molecule has 1 aromatic carbocycles. The molecule has 2 amide bonds. The van der Waals surface area contributed by atoms with E-state index in [4.69, 9.17) is 21.1 Å². The topological polar surface area (TPSA) is 67.9 Å². The third-order valence-electron chi connectivity index (χ3n) is 5.07. The Labute approximate surface area is 171 Å². The van der Waals surface area contributed by atoms with Gasteiger partial charge in [0.25, 0.3) is 5.91 Å². The highest BCUT2D eigenvalue weighted by molar-refractivity contribution is 6.30.